The molecule has 0 unspecified atom stereocenters. The van der Waals surface area contributed by atoms with Crippen LogP contribution in [0.2, 0.25) is 0 Å². The minimum atomic E-state index is -0.361. The summed E-state index contributed by atoms with van der Waals surface area (Å²) in [6.45, 7) is 8.04. The Morgan fingerprint density at radius 2 is 1.00 bits per heavy atom. The number of aromatic nitrogens is 4. The zero-order valence-electron chi connectivity index (χ0n) is 18.9. The minimum Gasteiger partial charge on any atom is -0.281 e. The summed E-state index contributed by atoms with van der Waals surface area (Å²) in [6, 6.07) is 16.6. The first-order valence-corrected chi connectivity index (χ1v) is 10.7. The fourth-order valence-electron chi connectivity index (χ4n) is 3.43. The first kappa shape index (κ1) is 21.5. The smallest absolute Gasteiger partial charge is 0.267 e. The molecule has 5 heteroatoms. The highest BCUT2D eigenvalue weighted by Crippen LogP contribution is 2.16. The summed E-state index contributed by atoms with van der Waals surface area (Å²) in [5.74, 6) is -0.106. The summed E-state index contributed by atoms with van der Waals surface area (Å²) < 4.78 is 0. The Balaban J connectivity index is 1.60. The molecule has 4 rings (SSSR count). The van der Waals surface area contributed by atoms with Crippen molar-refractivity contribution < 1.29 is 4.79 Å². The summed E-state index contributed by atoms with van der Waals surface area (Å²) >= 11 is 0. The number of nitrogens with zero attached hydrogens (tertiary/aromatic N) is 4. The molecule has 0 radical (unpaired) electrons. The lowest BCUT2D eigenvalue weighted by Gasteiger charge is -2.09. The highest BCUT2D eigenvalue weighted by molar-refractivity contribution is 6.03. The first-order chi connectivity index (χ1) is 15.4. The van der Waals surface area contributed by atoms with E-state index in [0.717, 1.165) is 33.6 Å². The van der Waals surface area contributed by atoms with Crippen molar-refractivity contribution in [1.29, 1.82) is 0 Å². The minimum absolute atomic E-state index is 0.128. The zero-order valence-corrected chi connectivity index (χ0v) is 18.9. The fourth-order valence-corrected chi connectivity index (χ4v) is 3.43. The Kier molecular flexibility index (Phi) is 6.17. The van der Waals surface area contributed by atoms with Gasteiger partial charge in [0.15, 0.2) is 0 Å². The Hall–Kier alpha value is -3.73. The summed E-state index contributed by atoms with van der Waals surface area (Å²) in [7, 11) is 0. The molecule has 0 aliphatic rings. The molecular weight excluding hydrogens is 396 g/mol. The molecule has 5 nitrogen and oxygen atoms in total. The van der Waals surface area contributed by atoms with Crippen LogP contribution in [-0.2, 0) is 12.8 Å². The van der Waals surface area contributed by atoms with Crippen molar-refractivity contribution >= 4 is 5.78 Å². The number of rotatable bonds is 6. The lowest BCUT2D eigenvalue weighted by atomic mass is 10.0. The molecule has 0 N–H and O–H groups in total. The average molecular weight is 423 g/mol. The molecule has 2 aromatic heterocycles. The van der Waals surface area contributed by atoms with E-state index in [2.05, 4.69) is 82.3 Å². The van der Waals surface area contributed by atoms with E-state index in [1.54, 1.807) is 12.4 Å². The van der Waals surface area contributed by atoms with Crippen molar-refractivity contribution in [3.05, 3.63) is 117 Å². The number of carbonyl (C=O) groups excluding carboxylic acids is 1. The second-order valence-corrected chi connectivity index (χ2v) is 8.30. The molecular formula is C27H26N4O. The van der Waals surface area contributed by atoms with Crippen LogP contribution in [0.1, 0.15) is 61.2 Å². The van der Waals surface area contributed by atoms with Crippen molar-refractivity contribution in [1.82, 2.24) is 19.9 Å². The highest BCUT2D eigenvalue weighted by Gasteiger charge is 2.19. The number of hydrogen-bond donors (Lipinski definition) is 0. The van der Waals surface area contributed by atoms with Crippen LogP contribution in [0, 0.1) is 27.7 Å². The van der Waals surface area contributed by atoms with Gasteiger partial charge in [-0.15, -0.1) is 0 Å². The van der Waals surface area contributed by atoms with Crippen molar-refractivity contribution in [2.24, 2.45) is 0 Å². The van der Waals surface area contributed by atoms with Gasteiger partial charge in [-0.05, 0) is 49.9 Å². The van der Waals surface area contributed by atoms with E-state index in [4.69, 9.17) is 0 Å². The monoisotopic (exact) mass is 422 g/mol. The maximum absolute atomic E-state index is 13.1. The van der Waals surface area contributed by atoms with Crippen molar-refractivity contribution in [3.63, 3.8) is 0 Å². The van der Waals surface area contributed by atoms with E-state index in [9.17, 15) is 4.79 Å². The average Bonchev–Trinajstić information content (AvgIpc) is 2.79. The molecule has 0 atom stereocenters. The summed E-state index contributed by atoms with van der Waals surface area (Å²) in [6.07, 6.45) is 4.68. The normalized spacial score (nSPS) is 10.9. The van der Waals surface area contributed by atoms with Gasteiger partial charge in [-0.2, -0.15) is 0 Å². The Bertz CT molecular complexity index is 1160. The van der Waals surface area contributed by atoms with Gasteiger partial charge in [0, 0.05) is 25.2 Å². The molecule has 0 saturated carbocycles. The van der Waals surface area contributed by atoms with Crippen LogP contribution >= 0.6 is 0 Å². The Morgan fingerprint density at radius 1 is 0.625 bits per heavy atom. The van der Waals surface area contributed by atoms with Gasteiger partial charge < -0.3 is 0 Å². The van der Waals surface area contributed by atoms with Crippen LogP contribution in [0.15, 0.2) is 60.9 Å². The zero-order chi connectivity index (χ0) is 22.7. The number of aryl methyl sites for hydroxylation is 4. The first-order valence-electron chi connectivity index (χ1n) is 10.7. The predicted octanol–water partition coefficient (Wildman–Crippen LogP) is 4.91. The molecule has 0 bridgehead atoms. The van der Waals surface area contributed by atoms with E-state index in [1.165, 1.54) is 11.1 Å². The quantitative estimate of drug-likeness (QED) is 0.413. The molecule has 0 amide bonds. The molecule has 4 aromatic rings. The van der Waals surface area contributed by atoms with Gasteiger partial charge in [-0.1, -0.05) is 59.7 Å². The van der Waals surface area contributed by atoms with Crippen LogP contribution in [0.5, 0.6) is 0 Å². The van der Waals surface area contributed by atoms with Crippen LogP contribution in [0.25, 0.3) is 0 Å². The standard InChI is InChI=1S/C27H26N4O/c1-17-5-9-21(10-6-17)13-23-19(3)15-28-26(30-23)25(32)27-29-16-20(4)24(31-27)14-22-11-7-18(2)8-12-22/h5-12,15-16H,13-14H2,1-4H3. The van der Waals surface area contributed by atoms with Gasteiger partial charge in [0.2, 0.25) is 11.6 Å². The molecule has 160 valence electrons. The molecule has 2 heterocycles. The van der Waals surface area contributed by atoms with E-state index in [1.807, 2.05) is 13.8 Å². The van der Waals surface area contributed by atoms with Crippen molar-refractivity contribution in [2.45, 2.75) is 40.5 Å². The molecule has 2 aromatic carbocycles. The molecule has 0 spiro atoms. The molecule has 0 fully saturated rings. The second kappa shape index (κ2) is 9.18. The molecule has 32 heavy (non-hydrogen) atoms. The topological polar surface area (TPSA) is 68.6 Å². The number of carbonyl (C=O) groups is 1. The Labute approximate surface area is 188 Å². The number of ketones is 1. The van der Waals surface area contributed by atoms with Crippen LogP contribution in [0.4, 0.5) is 0 Å². The maximum atomic E-state index is 13.1. The molecule has 0 saturated heterocycles. The summed E-state index contributed by atoms with van der Waals surface area (Å²) in [5, 5.41) is 0. The lowest BCUT2D eigenvalue weighted by Crippen LogP contribution is -2.15. The third-order valence-corrected chi connectivity index (χ3v) is 5.54. The summed E-state index contributed by atoms with van der Waals surface area (Å²) in [5.41, 5.74) is 8.27. The van der Waals surface area contributed by atoms with Crippen molar-refractivity contribution in [2.75, 3.05) is 0 Å². The maximum Gasteiger partial charge on any atom is 0.267 e. The number of benzene rings is 2. The lowest BCUT2D eigenvalue weighted by molar-refractivity contribution is 0.101. The largest absolute Gasteiger partial charge is 0.281 e. The van der Waals surface area contributed by atoms with Gasteiger partial charge in [0.05, 0.1) is 11.4 Å². The predicted molar refractivity (Wildman–Crippen MR) is 125 cm³/mol. The van der Waals surface area contributed by atoms with Crippen LogP contribution in [-0.4, -0.2) is 25.7 Å². The summed E-state index contributed by atoms with van der Waals surface area (Å²) in [4.78, 5) is 30.8. The third-order valence-electron chi connectivity index (χ3n) is 5.54. The van der Waals surface area contributed by atoms with Gasteiger partial charge >= 0.3 is 0 Å². The van der Waals surface area contributed by atoms with Crippen molar-refractivity contribution in [3.8, 4) is 0 Å². The van der Waals surface area contributed by atoms with Crippen LogP contribution < -0.4 is 0 Å². The highest BCUT2D eigenvalue weighted by atomic mass is 16.1. The van der Waals surface area contributed by atoms with E-state index >= 15 is 0 Å². The van der Waals surface area contributed by atoms with Gasteiger partial charge in [-0.3, -0.25) is 4.79 Å². The van der Waals surface area contributed by atoms with E-state index < -0.39 is 0 Å². The van der Waals surface area contributed by atoms with E-state index in [0.29, 0.717) is 12.8 Å². The van der Waals surface area contributed by atoms with Gasteiger partial charge in [-0.25, -0.2) is 19.9 Å². The third kappa shape index (κ3) is 4.94. The second-order valence-electron chi connectivity index (χ2n) is 8.30. The molecule has 0 aliphatic carbocycles. The number of hydrogen-bond acceptors (Lipinski definition) is 5. The SMILES string of the molecule is Cc1ccc(Cc2nc(C(=O)c3ncc(C)c(Cc4ccc(C)cc4)n3)ncc2C)cc1. The molecule has 0 aliphatic heterocycles. The van der Waals surface area contributed by atoms with Gasteiger partial charge in [0.1, 0.15) is 0 Å². The van der Waals surface area contributed by atoms with Crippen LogP contribution in [0.3, 0.4) is 0 Å². The van der Waals surface area contributed by atoms with E-state index in [-0.39, 0.29) is 17.4 Å². The Morgan fingerprint density at radius 3 is 1.38 bits per heavy atom. The fraction of sp³-hybridized carbons (Fsp3) is 0.222. The van der Waals surface area contributed by atoms with Gasteiger partial charge in [0.25, 0.3) is 5.78 Å².